The molecule has 0 aliphatic carbocycles. The summed E-state index contributed by atoms with van der Waals surface area (Å²) in [6.07, 6.45) is 0. The van der Waals surface area contributed by atoms with Gasteiger partial charge in [-0.15, -0.1) is 0 Å². The minimum atomic E-state index is -1.09. The number of rotatable bonds is 2. The Labute approximate surface area is 107 Å². The molecule has 1 aromatic carbocycles. The average molecular weight is 271 g/mol. The smallest absolute Gasteiger partial charge is 0.258 e. The summed E-state index contributed by atoms with van der Waals surface area (Å²) >= 11 is 5.83. The van der Waals surface area contributed by atoms with Gasteiger partial charge in [-0.05, 0) is 26.0 Å². The van der Waals surface area contributed by atoms with Crippen molar-refractivity contribution in [1.82, 2.24) is 9.97 Å². The van der Waals surface area contributed by atoms with Crippen molar-refractivity contribution in [2.45, 2.75) is 13.8 Å². The second kappa shape index (κ2) is 4.86. The van der Waals surface area contributed by atoms with Gasteiger partial charge in [-0.1, -0.05) is 17.7 Å². The van der Waals surface area contributed by atoms with Gasteiger partial charge in [-0.2, -0.15) is 4.39 Å². The third-order valence-electron chi connectivity index (χ3n) is 2.36. The molecule has 0 spiro atoms. The first-order valence-corrected chi connectivity index (χ1v) is 5.49. The number of halogens is 3. The van der Waals surface area contributed by atoms with Crippen LogP contribution in [0.5, 0.6) is 11.6 Å². The van der Waals surface area contributed by atoms with E-state index in [1.54, 1.807) is 13.8 Å². The fraction of sp³-hybridized carbons (Fsp3) is 0.167. The molecule has 1 aromatic heterocycles. The standard InChI is InChI=1S/C12H9ClF2N2O/c1-6-7(2)17-12(11(13)16-6)18-9-5-3-4-8(14)10(9)15/h3-5H,1-2H3. The van der Waals surface area contributed by atoms with E-state index in [4.69, 9.17) is 16.3 Å². The van der Waals surface area contributed by atoms with Gasteiger partial charge in [-0.25, -0.2) is 14.4 Å². The van der Waals surface area contributed by atoms with Gasteiger partial charge in [0, 0.05) is 0 Å². The number of aryl methyl sites for hydroxylation is 2. The minimum absolute atomic E-state index is 0.00163. The molecule has 0 radical (unpaired) electrons. The maximum atomic E-state index is 13.4. The first kappa shape index (κ1) is 12.7. The predicted octanol–water partition coefficient (Wildman–Crippen LogP) is 3.82. The van der Waals surface area contributed by atoms with Crippen molar-refractivity contribution in [2.24, 2.45) is 0 Å². The largest absolute Gasteiger partial charge is 0.433 e. The molecule has 0 aliphatic heterocycles. The second-order valence-electron chi connectivity index (χ2n) is 3.64. The van der Waals surface area contributed by atoms with Crippen molar-refractivity contribution >= 4 is 11.6 Å². The van der Waals surface area contributed by atoms with E-state index < -0.39 is 11.6 Å². The number of benzene rings is 1. The van der Waals surface area contributed by atoms with Crippen molar-refractivity contribution in [1.29, 1.82) is 0 Å². The Balaban J connectivity index is 2.40. The van der Waals surface area contributed by atoms with E-state index in [2.05, 4.69) is 9.97 Å². The molecule has 2 rings (SSSR count). The van der Waals surface area contributed by atoms with Crippen molar-refractivity contribution in [3.63, 3.8) is 0 Å². The Hall–Kier alpha value is -1.75. The quantitative estimate of drug-likeness (QED) is 0.832. The summed E-state index contributed by atoms with van der Waals surface area (Å²) in [6.45, 7) is 3.45. The maximum Gasteiger partial charge on any atom is 0.258 e. The summed E-state index contributed by atoms with van der Waals surface area (Å²) in [5.41, 5.74) is 1.25. The van der Waals surface area contributed by atoms with Crippen LogP contribution in [0.15, 0.2) is 18.2 Å². The molecule has 18 heavy (non-hydrogen) atoms. The Morgan fingerprint density at radius 3 is 2.50 bits per heavy atom. The molecule has 0 unspecified atom stereocenters. The van der Waals surface area contributed by atoms with Crippen LogP contribution in [0.3, 0.4) is 0 Å². The Morgan fingerprint density at radius 1 is 1.11 bits per heavy atom. The van der Waals surface area contributed by atoms with Crippen LogP contribution in [0, 0.1) is 25.5 Å². The van der Waals surface area contributed by atoms with Gasteiger partial charge in [-0.3, -0.25) is 0 Å². The number of ether oxygens (including phenoxy) is 1. The fourth-order valence-corrected chi connectivity index (χ4v) is 1.49. The fourth-order valence-electron chi connectivity index (χ4n) is 1.29. The highest BCUT2D eigenvalue weighted by atomic mass is 35.5. The van der Waals surface area contributed by atoms with E-state index in [0.717, 1.165) is 6.07 Å². The molecule has 94 valence electrons. The van der Waals surface area contributed by atoms with E-state index in [-0.39, 0.29) is 16.8 Å². The van der Waals surface area contributed by atoms with Crippen molar-refractivity contribution in [3.8, 4) is 11.6 Å². The Kier molecular flexibility index (Phi) is 3.43. The van der Waals surface area contributed by atoms with Gasteiger partial charge in [0.05, 0.1) is 11.4 Å². The third-order valence-corrected chi connectivity index (χ3v) is 2.60. The lowest BCUT2D eigenvalue weighted by Crippen LogP contribution is -1.99. The summed E-state index contributed by atoms with van der Waals surface area (Å²) in [4.78, 5) is 8.02. The normalized spacial score (nSPS) is 10.5. The molecule has 0 amide bonds. The molecule has 0 fully saturated rings. The van der Waals surface area contributed by atoms with Gasteiger partial charge in [0.1, 0.15) is 0 Å². The lowest BCUT2D eigenvalue weighted by Gasteiger charge is -2.09. The summed E-state index contributed by atoms with van der Waals surface area (Å²) in [5, 5.41) is 0.00163. The topological polar surface area (TPSA) is 35.0 Å². The number of hydrogen-bond acceptors (Lipinski definition) is 3. The molecule has 0 N–H and O–H groups in total. The third kappa shape index (κ3) is 2.41. The highest BCUT2D eigenvalue weighted by molar-refractivity contribution is 6.30. The number of nitrogens with zero attached hydrogens (tertiary/aromatic N) is 2. The number of hydrogen-bond donors (Lipinski definition) is 0. The van der Waals surface area contributed by atoms with E-state index in [1.165, 1.54) is 12.1 Å². The molecule has 1 heterocycles. The zero-order valence-corrected chi connectivity index (χ0v) is 10.4. The summed E-state index contributed by atoms with van der Waals surface area (Å²) in [6, 6.07) is 3.61. The van der Waals surface area contributed by atoms with Crippen LogP contribution < -0.4 is 4.74 Å². The molecular weight excluding hydrogens is 262 g/mol. The monoisotopic (exact) mass is 270 g/mol. The lowest BCUT2D eigenvalue weighted by atomic mass is 10.3. The van der Waals surface area contributed by atoms with E-state index >= 15 is 0 Å². The average Bonchev–Trinajstić information content (AvgIpc) is 2.32. The SMILES string of the molecule is Cc1nc(Cl)c(Oc2cccc(F)c2F)nc1C. The molecule has 6 heteroatoms. The van der Waals surface area contributed by atoms with Crippen molar-refractivity contribution in [3.05, 3.63) is 46.4 Å². The lowest BCUT2D eigenvalue weighted by molar-refractivity contribution is 0.403. The highest BCUT2D eigenvalue weighted by Gasteiger charge is 2.14. The molecule has 0 aliphatic rings. The molecule has 0 saturated heterocycles. The summed E-state index contributed by atoms with van der Waals surface area (Å²) in [5.74, 6) is -2.42. The maximum absolute atomic E-state index is 13.4. The van der Waals surface area contributed by atoms with Gasteiger partial charge < -0.3 is 4.74 Å². The molecular formula is C12H9ClF2N2O. The van der Waals surface area contributed by atoms with Crippen LogP contribution >= 0.6 is 11.6 Å². The van der Waals surface area contributed by atoms with Crippen LogP contribution in [0.2, 0.25) is 5.15 Å². The van der Waals surface area contributed by atoms with Gasteiger partial charge >= 0.3 is 0 Å². The van der Waals surface area contributed by atoms with Crippen LogP contribution in [0.4, 0.5) is 8.78 Å². The van der Waals surface area contributed by atoms with Crippen LogP contribution in [-0.2, 0) is 0 Å². The van der Waals surface area contributed by atoms with Crippen LogP contribution in [0.1, 0.15) is 11.4 Å². The molecule has 2 aromatic rings. The first-order valence-electron chi connectivity index (χ1n) is 5.11. The van der Waals surface area contributed by atoms with Crippen LogP contribution in [-0.4, -0.2) is 9.97 Å². The predicted molar refractivity (Wildman–Crippen MR) is 62.9 cm³/mol. The van der Waals surface area contributed by atoms with Gasteiger partial charge in [0.25, 0.3) is 5.88 Å². The number of aromatic nitrogens is 2. The zero-order chi connectivity index (χ0) is 13.3. The molecule has 0 bridgehead atoms. The Morgan fingerprint density at radius 2 is 1.78 bits per heavy atom. The minimum Gasteiger partial charge on any atom is -0.433 e. The van der Waals surface area contributed by atoms with E-state index in [1.807, 2.05) is 0 Å². The van der Waals surface area contributed by atoms with Crippen molar-refractivity contribution in [2.75, 3.05) is 0 Å². The summed E-state index contributed by atoms with van der Waals surface area (Å²) in [7, 11) is 0. The van der Waals surface area contributed by atoms with Gasteiger partial charge in [0.2, 0.25) is 5.82 Å². The zero-order valence-electron chi connectivity index (χ0n) is 9.67. The molecule has 3 nitrogen and oxygen atoms in total. The highest BCUT2D eigenvalue weighted by Crippen LogP contribution is 2.29. The second-order valence-corrected chi connectivity index (χ2v) is 4.00. The first-order chi connectivity index (χ1) is 8.49. The summed E-state index contributed by atoms with van der Waals surface area (Å²) < 4.78 is 31.5. The van der Waals surface area contributed by atoms with Gasteiger partial charge in [0.15, 0.2) is 16.7 Å². The van der Waals surface area contributed by atoms with E-state index in [0.29, 0.717) is 11.4 Å². The Bertz CT molecular complexity index is 605. The van der Waals surface area contributed by atoms with Crippen molar-refractivity contribution < 1.29 is 13.5 Å². The molecule has 0 saturated carbocycles. The van der Waals surface area contributed by atoms with E-state index in [9.17, 15) is 8.78 Å². The van der Waals surface area contributed by atoms with Crippen LogP contribution in [0.25, 0.3) is 0 Å². The molecule has 0 atom stereocenters.